The van der Waals surface area contributed by atoms with Crippen molar-refractivity contribution in [2.75, 3.05) is 19.8 Å². The summed E-state index contributed by atoms with van der Waals surface area (Å²) in [6, 6.07) is 0. The average Bonchev–Trinajstić information content (AvgIpc) is 3.55. The Morgan fingerprint density at radius 2 is 1.55 bits per heavy atom. The average molecular weight is 725 g/mol. The number of hydrogen-bond acceptors (Lipinski definition) is 13. The number of hydrogen-bond donors (Lipinski definition) is 6. The molecule has 0 aromatic heterocycles. The van der Waals surface area contributed by atoms with Crippen molar-refractivity contribution in [3.8, 4) is 0 Å². The number of ether oxygens (including phenoxy) is 6. The summed E-state index contributed by atoms with van der Waals surface area (Å²) in [5.41, 5.74) is -0.00424. The van der Waals surface area contributed by atoms with Crippen LogP contribution in [0, 0.1) is 52.3 Å². The molecule has 4 aliphatic carbocycles. The van der Waals surface area contributed by atoms with Gasteiger partial charge in [0.05, 0.1) is 32.0 Å². The third kappa shape index (κ3) is 5.82. The summed E-state index contributed by atoms with van der Waals surface area (Å²) in [5, 5.41) is 61.9. The van der Waals surface area contributed by atoms with Crippen molar-refractivity contribution in [3.63, 3.8) is 0 Å². The van der Waals surface area contributed by atoms with Crippen molar-refractivity contribution in [2.24, 2.45) is 52.3 Å². The molecule has 0 radical (unpaired) electrons. The Morgan fingerprint density at radius 1 is 0.804 bits per heavy atom. The van der Waals surface area contributed by atoms with E-state index in [0.29, 0.717) is 60.6 Å². The van der Waals surface area contributed by atoms with Crippen LogP contribution in [0.4, 0.5) is 0 Å². The lowest BCUT2D eigenvalue weighted by atomic mass is 9.44. The molecular formula is C38H60O13. The second kappa shape index (κ2) is 13.4. The maximum Gasteiger partial charge on any atom is 0.187 e. The van der Waals surface area contributed by atoms with Crippen molar-refractivity contribution < 1.29 is 63.9 Å². The van der Waals surface area contributed by atoms with Crippen LogP contribution in [0.5, 0.6) is 0 Å². The molecule has 4 heterocycles. The van der Waals surface area contributed by atoms with Crippen LogP contribution in [0.2, 0.25) is 0 Å². The van der Waals surface area contributed by atoms with Crippen LogP contribution in [0.25, 0.3) is 0 Å². The van der Waals surface area contributed by atoms with Crippen LogP contribution in [-0.4, -0.2) is 130 Å². The Balaban J connectivity index is 0.890. The lowest BCUT2D eigenvalue weighted by Crippen LogP contribution is -2.62. The van der Waals surface area contributed by atoms with Gasteiger partial charge in [-0.25, -0.2) is 0 Å². The molecule has 0 aromatic carbocycles. The van der Waals surface area contributed by atoms with Gasteiger partial charge in [-0.15, -0.1) is 0 Å². The van der Waals surface area contributed by atoms with Gasteiger partial charge in [0.15, 0.2) is 18.4 Å². The number of aliphatic hydroxyl groups is 6. The number of carbonyl (C=O) groups is 1. The lowest BCUT2D eigenvalue weighted by Gasteiger charge is -2.60. The third-order valence-corrected chi connectivity index (χ3v) is 15.6. The molecule has 8 aliphatic rings. The molecule has 1 spiro atoms. The summed E-state index contributed by atoms with van der Waals surface area (Å²) < 4.78 is 36.5. The van der Waals surface area contributed by atoms with E-state index in [1.165, 1.54) is 0 Å². The van der Waals surface area contributed by atoms with Gasteiger partial charge < -0.3 is 59.1 Å². The molecular weight excluding hydrogens is 664 g/mol. The van der Waals surface area contributed by atoms with Crippen LogP contribution >= 0.6 is 0 Å². The van der Waals surface area contributed by atoms with Gasteiger partial charge in [0, 0.05) is 24.7 Å². The molecule has 13 heteroatoms. The highest BCUT2D eigenvalue weighted by atomic mass is 16.7. The molecule has 8 rings (SSSR count). The molecule has 4 aliphatic heterocycles. The summed E-state index contributed by atoms with van der Waals surface area (Å²) in [6.45, 7) is 9.35. The van der Waals surface area contributed by atoms with Gasteiger partial charge in [-0.2, -0.15) is 0 Å². The zero-order chi connectivity index (χ0) is 36.2. The molecule has 51 heavy (non-hydrogen) atoms. The van der Waals surface area contributed by atoms with Crippen molar-refractivity contribution >= 4 is 5.78 Å². The Kier molecular flexibility index (Phi) is 9.79. The Bertz CT molecular complexity index is 1290. The number of fused-ring (bicyclic) bond motifs is 7. The van der Waals surface area contributed by atoms with E-state index in [0.717, 1.165) is 45.1 Å². The van der Waals surface area contributed by atoms with Crippen LogP contribution in [0.1, 0.15) is 85.5 Å². The largest absolute Gasteiger partial charge is 0.394 e. The van der Waals surface area contributed by atoms with Crippen molar-refractivity contribution in [1.82, 2.24) is 0 Å². The Hall–Kier alpha value is -0.810. The van der Waals surface area contributed by atoms with Crippen LogP contribution < -0.4 is 0 Å². The van der Waals surface area contributed by atoms with Crippen LogP contribution in [-0.2, 0) is 33.2 Å². The predicted octanol–water partition coefficient (Wildman–Crippen LogP) is 1.26. The summed E-state index contributed by atoms with van der Waals surface area (Å²) in [4.78, 5) is 14.1. The summed E-state index contributed by atoms with van der Waals surface area (Å²) in [7, 11) is 0. The first-order valence-corrected chi connectivity index (χ1v) is 19.6. The lowest BCUT2D eigenvalue weighted by molar-refractivity contribution is -0.347. The highest BCUT2D eigenvalue weighted by Gasteiger charge is 2.70. The SMILES string of the molecule is C[C@@H]1CC[C@@]2(OC1)O[C@H]1C[C@@H]3[C@@H]4CC(=O)[C@H]5C[C@@H](O[C@@H]6OC[C@H](O[C@@H]7O[C@H](CO)[C@@H](O)[C@H](O)[C@H]7O)[C@H](O)[C@H]6O)CC[C@]5(C)[C@H]4CC[C@]3(C)[C@H]1[C@@H]2C. The summed E-state index contributed by atoms with van der Waals surface area (Å²) in [5.74, 6) is 2.31. The van der Waals surface area contributed by atoms with E-state index in [4.69, 9.17) is 28.4 Å². The molecule has 0 amide bonds. The summed E-state index contributed by atoms with van der Waals surface area (Å²) in [6.07, 6.45) is -4.85. The molecule has 0 aromatic rings. The minimum atomic E-state index is -1.65. The normalized spacial score (nSPS) is 58.5. The van der Waals surface area contributed by atoms with E-state index in [2.05, 4.69) is 27.7 Å². The van der Waals surface area contributed by atoms with Gasteiger partial charge in [0.25, 0.3) is 0 Å². The zero-order valence-corrected chi connectivity index (χ0v) is 30.4. The second-order valence-electron chi connectivity index (χ2n) is 18.2. The Labute approximate surface area is 300 Å². The van der Waals surface area contributed by atoms with Crippen LogP contribution in [0.3, 0.4) is 0 Å². The fourth-order valence-corrected chi connectivity index (χ4v) is 12.7. The second-order valence-corrected chi connectivity index (χ2v) is 18.2. The molecule has 4 saturated heterocycles. The molecule has 0 unspecified atom stereocenters. The number of rotatable bonds is 5. The van der Waals surface area contributed by atoms with Gasteiger partial charge in [-0.1, -0.05) is 27.7 Å². The number of Topliss-reactive ketones (excluding diaryl/α,β-unsaturated/α-hetero) is 1. The minimum Gasteiger partial charge on any atom is -0.394 e. The van der Waals surface area contributed by atoms with Crippen molar-refractivity contribution in [3.05, 3.63) is 0 Å². The Morgan fingerprint density at radius 3 is 2.27 bits per heavy atom. The molecule has 21 atom stereocenters. The van der Waals surface area contributed by atoms with E-state index in [1.807, 2.05) is 0 Å². The topological polar surface area (TPSA) is 194 Å². The van der Waals surface area contributed by atoms with Gasteiger partial charge in [0.2, 0.25) is 0 Å². The van der Waals surface area contributed by atoms with E-state index in [9.17, 15) is 35.4 Å². The first kappa shape index (κ1) is 37.1. The maximum absolute atomic E-state index is 14.1. The van der Waals surface area contributed by atoms with Gasteiger partial charge in [-0.3, -0.25) is 4.79 Å². The third-order valence-electron chi connectivity index (χ3n) is 15.6. The molecule has 6 N–H and O–H groups in total. The van der Waals surface area contributed by atoms with Crippen molar-refractivity contribution in [1.29, 1.82) is 0 Å². The highest BCUT2D eigenvalue weighted by Crippen LogP contribution is 2.71. The van der Waals surface area contributed by atoms with Gasteiger partial charge >= 0.3 is 0 Å². The van der Waals surface area contributed by atoms with E-state index in [1.54, 1.807) is 0 Å². The summed E-state index contributed by atoms with van der Waals surface area (Å²) >= 11 is 0. The first-order valence-electron chi connectivity index (χ1n) is 19.6. The molecule has 0 bridgehead atoms. The maximum atomic E-state index is 14.1. The monoisotopic (exact) mass is 724 g/mol. The van der Waals surface area contributed by atoms with E-state index < -0.39 is 67.7 Å². The van der Waals surface area contributed by atoms with Crippen molar-refractivity contribution in [2.45, 2.75) is 159 Å². The van der Waals surface area contributed by atoms with E-state index >= 15 is 0 Å². The number of ketones is 1. The first-order chi connectivity index (χ1) is 24.2. The van der Waals surface area contributed by atoms with Crippen LogP contribution in [0.15, 0.2) is 0 Å². The molecule has 13 nitrogen and oxygen atoms in total. The standard InChI is InChI=1S/C38H60O13/c1-17-5-10-38(47-15-17)18(2)28-25(51-38)13-22-20-12-24(40)23-11-19(6-8-36(23,3)21(20)7-9-37(22,28)4)48-34-32(44)30(42)27(16-46-34)50-35-33(45)31(43)29(41)26(14-39)49-35/h17-23,25-35,39,41-45H,5-16H2,1-4H3/t17-,18+,19+,20-,21+,22-,23-,25+,26-,27+,28+,29-,30+,31+,32-,33-,34+,35+,36-,37+,38-/m1/s1. The number of aliphatic hydroxyl groups excluding tert-OH is 6. The fourth-order valence-electron chi connectivity index (χ4n) is 12.7. The van der Waals surface area contributed by atoms with Gasteiger partial charge in [0.1, 0.15) is 48.5 Å². The molecule has 8 fully saturated rings. The molecule has 290 valence electrons. The van der Waals surface area contributed by atoms with Gasteiger partial charge in [-0.05, 0) is 85.4 Å². The quantitative estimate of drug-likeness (QED) is 0.222. The predicted molar refractivity (Wildman–Crippen MR) is 177 cm³/mol. The smallest absolute Gasteiger partial charge is 0.187 e. The van der Waals surface area contributed by atoms with E-state index in [-0.39, 0.29) is 35.6 Å². The highest BCUT2D eigenvalue weighted by molar-refractivity contribution is 5.83. The minimum absolute atomic E-state index is 0.130. The number of carbonyl (C=O) groups excluding carboxylic acids is 1. The zero-order valence-electron chi connectivity index (χ0n) is 30.4. The fraction of sp³-hybridized carbons (Fsp3) is 0.974. The molecule has 4 saturated carbocycles.